The molecule has 3 saturated heterocycles. The number of piperidine rings is 1. The molecule has 3 fully saturated rings. The largest absolute Gasteiger partial charge is 0.484 e. The normalized spacial score (nSPS) is 22.4. The van der Waals surface area contributed by atoms with Crippen LogP contribution in [0.2, 0.25) is 0 Å². The average Bonchev–Trinajstić information content (AvgIpc) is 2.71. The van der Waals surface area contributed by atoms with Gasteiger partial charge in [0.05, 0.1) is 13.2 Å². The van der Waals surface area contributed by atoms with Crippen molar-refractivity contribution in [2.45, 2.75) is 31.8 Å². The number of morpholine rings is 1. The van der Waals surface area contributed by atoms with Gasteiger partial charge in [-0.1, -0.05) is 18.6 Å². The summed E-state index contributed by atoms with van der Waals surface area (Å²) in [7, 11) is 0. The summed E-state index contributed by atoms with van der Waals surface area (Å²) in [5.41, 5.74) is 1.30. The summed E-state index contributed by atoms with van der Waals surface area (Å²) >= 11 is 0. The van der Waals surface area contributed by atoms with Crippen molar-refractivity contribution >= 4 is 5.91 Å². The van der Waals surface area contributed by atoms with Crippen LogP contribution in [0.3, 0.4) is 0 Å². The molecule has 3 heterocycles. The van der Waals surface area contributed by atoms with Crippen LogP contribution in [-0.4, -0.2) is 85.7 Å². The lowest BCUT2D eigenvalue weighted by atomic mass is 10.0. The second-order valence-corrected chi connectivity index (χ2v) is 7.87. The van der Waals surface area contributed by atoms with Gasteiger partial charge in [-0.15, -0.1) is 0 Å². The van der Waals surface area contributed by atoms with E-state index < -0.39 is 0 Å². The van der Waals surface area contributed by atoms with Crippen LogP contribution in [0.15, 0.2) is 24.3 Å². The van der Waals surface area contributed by atoms with E-state index in [2.05, 4.69) is 21.9 Å². The minimum atomic E-state index is 0.0340. The van der Waals surface area contributed by atoms with E-state index >= 15 is 0 Å². The van der Waals surface area contributed by atoms with Gasteiger partial charge in [-0.3, -0.25) is 14.6 Å². The Morgan fingerprint density at radius 3 is 2.41 bits per heavy atom. The minimum absolute atomic E-state index is 0.0340. The van der Waals surface area contributed by atoms with E-state index in [9.17, 15) is 4.79 Å². The van der Waals surface area contributed by atoms with Gasteiger partial charge in [0.15, 0.2) is 6.61 Å². The first-order valence-electron chi connectivity index (χ1n) is 10.3. The quantitative estimate of drug-likeness (QED) is 0.758. The van der Waals surface area contributed by atoms with E-state index in [-0.39, 0.29) is 12.5 Å². The molecular formula is C21H31N3O3. The third kappa shape index (κ3) is 5.00. The van der Waals surface area contributed by atoms with E-state index in [1.165, 1.54) is 51.0 Å². The number of nitrogens with zero attached hydrogens (tertiary/aromatic N) is 3. The van der Waals surface area contributed by atoms with Crippen molar-refractivity contribution in [3.8, 4) is 5.75 Å². The number of rotatable bonds is 6. The van der Waals surface area contributed by atoms with Gasteiger partial charge in [0, 0.05) is 38.8 Å². The van der Waals surface area contributed by atoms with E-state index in [1.807, 2.05) is 12.1 Å². The molecule has 0 N–H and O–H groups in total. The molecule has 0 aliphatic carbocycles. The van der Waals surface area contributed by atoms with E-state index in [0.29, 0.717) is 26.3 Å². The predicted molar refractivity (Wildman–Crippen MR) is 104 cm³/mol. The zero-order valence-electron chi connectivity index (χ0n) is 16.1. The average molecular weight is 373 g/mol. The summed E-state index contributed by atoms with van der Waals surface area (Å²) < 4.78 is 10.9. The molecule has 0 aromatic heterocycles. The smallest absolute Gasteiger partial charge is 0.260 e. The molecule has 1 aromatic rings. The Balaban J connectivity index is 1.17. The van der Waals surface area contributed by atoms with Crippen molar-refractivity contribution in [2.24, 2.45) is 0 Å². The third-order valence-corrected chi connectivity index (χ3v) is 5.90. The molecule has 1 aromatic carbocycles. The predicted octanol–water partition coefficient (Wildman–Crippen LogP) is 1.59. The van der Waals surface area contributed by atoms with Gasteiger partial charge in [0.2, 0.25) is 0 Å². The second kappa shape index (κ2) is 9.04. The highest BCUT2D eigenvalue weighted by molar-refractivity contribution is 5.77. The van der Waals surface area contributed by atoms with Crippen molar-refractivity contribution in [3.63, 3.8) is 0 Å². The fourth-order valence-electron chi connectivity index (χ4n) is 4.18. The molecule has 27 heavy (non-hydrogen) atoms. The van der Waals surface area contributed by atoms with Crippen LogP contribution < -0.4 is 4.74 Å². The number of likely N-dealkylation sites (tertiary alicyclic amines) is 2. The molecule has 0 atom stereocenters. The fourth-order valence-corrected chi connectivity index (χ4v) is 4.18. The molecule has 0 bridgehead atoms. The highest BCUT2D eigenvalue weighted by Gasteiger charge is 2.31. The molecule has 0 spiro atoms. The summed E-state index contributed by atoms with van der Waals surface area (Å²) in [5.74, 6) is 0.793. The lowest BCUT2D eigenvalue weighted by Gasteiger charge is -2.46. The molecule has 6 heteroatoms. The lowest BCUT2D eigenvalue weighted by Crippen LogP contribution is -2.59. The second-order valence-electron chi connectivity index (χ2n) is 7.87. The van der Waals surface area contributed by atoms with Crippen molar-refractivity contribution in [1.29, 1.82) is 0 Å². The van der Waals surface area contributed by atoms with E-state index in [4.69, 9.17) is 9.47 Å². The maximum atomic E-state index is 12.1. The molecule has 1 amide bonds. The van der Waals surface area contributed by atoms with Crippen LogP contribution >= 0.6 is 0 Å². The molecule has 0 radical (unpaired) electrons. The summed E-state index contributed by atoms with van der Waals surface area (Å²) in [6, 6.07) is 8.94. The van der Waals surface area contributed by atoms with Gasteiger partial charge in [0.1, 0.15) is 5.75 Å². The third-order valence-electron chi connectivity index (χ3n) is 5.90. The molecule has 3 aliphatic rings. The fraction of sp³-hybridized carbons (Fsp3) is 0.667. The monoisotopic (exact) mass is 373 g/mol. The maximum Gasteiger partial charge on any atom is 0.260 e. The molecule has 4 rings (SSSR count). The van der Waals surface area contributed by atoms with Gasteiger partial charge in [-0.05, 0) is 43.6 Å². The highest BCUT2D eigenvalue weighted by atomic mass is 16.5. The van der Waals surface area contributed by atoms with Crippen molar-refractivity contribution in [2.75, 3.05) is 59.1 Å². The number of carbonyl (C=O) groups excluding carboxylic acids is 1. The topological polar surface area (TPSA) is 45.2 Å². The first-order valence-corrected chi connectivity index (χ1v) is 10.3. The minimum Gasteiger partial charge on any atom is -0.484 e. The first kappa shape index (κ1) is 18.7. The van der Waals surface area contributed by atoms with Crippen molar-refractivity contribution < 1.29 is 14.3 Å². The van der Waals surface area contributed by atoms with Crippen LogP contribution in [0.4, 0.5) is 0 Å². The maximum absolute atomic E-state index is 12.1. The Bertz CT molecular complexity index is 604. The summed E-state index contributed by atoms with van der Waals surface area (Å²) in [4.78, 5) is 19.1. The first-order chi connectivity index (χ1) is 13.3. The SMILES string of the molecule is O=C(COc1ccc(CN2CC(N3CCCCC3)C2)cc1)N1CCOCC1. The van der Waals surface area contributed by atoms with Crippen molar-refractivity contribution in [3.05, 3.63) is 29.8 Å². The lowest BCUT2D eigenvalue weighted by molar-refractivity contribution is -0.137. The zero-order valence-corrected chi connectivity index (χ0v) is 16.1. The Labute approximate surface area is 162 Å². The molecule has 148 valence electrons. The van der Waals surface area contributed by atoms with Gasteiger partial charge in [-0.25, -0.2) is 0 Å². The number of amides is 1. The zero-order chi connectivity index (χ0) is 18.5. The Morgan fingerprint density at radius 1 is 1.00 bits per heavy atom. The number of benzene rings is 1. The number of carbonyl (C=O) groups is 1. The Hall–Kier alpha value is -1.63. The number of ether oxygens (including phenoxy) is 2. The van der Waals surface area contributed by atoms with Crippen LogP contribution in [0.5, 0.6) is 5.75 Å². The summed E-state index contributed by atoms with van der Waals surface area (Å²) in [5, 5.41) is 0. The van der Waals surface area contributed by atoms with Gasteiger partial charge in [0.25, 0.3) is 5.91 Å². The van der Waals surface area contributed by atoms with Crippen LogP contribution in [0.25, 0.3) is 0 Å². The molecule has 3 aliphatic heterocycles. The molecular weight excluding hydrogens is 342 g/mol. The van der Waals surface area contributed by atoms with Gasteiger partial charge < -0.3 is 14.4 Å². The van der Waals surface area contributed by atoms with E-state index in [1.54, 1.807) is 4.90 Å². The van der Waals surface area contributed by atoms with E-state index in [0.717, 1.165) is 18.3 Å². The van der Waals surface area contributed by atoms with Crippen LogP contribution in [-0.2, 0) is 16.1 Å². The Kier molecular flexibility index (Phi) is 6.27. The number of hydrogen-bond donors (Lipinski definition) is 0. The molecule has 6 nitrogen and oxygen atoms in total. The van der Waals surface area contributed by atoms with Crippen LogP contribution in [0.1, 0.15) is 24.8 Å². The molecule has 0 saturated carbocycles. The van der Waals surface area contributed by atoms with Gasteiger partial charge in [-0.2, -0.15) is 0 Å². The highest BCUT2D eigenvalue weighted by Crippen LogP contribution is 2.22. The summed E-state index contributed by atoms with van der Waals surface area (Å²) in [6.45, 7) is 8.61. The van der Waals surface area contributed by atoms with Crippen LogP contribution in [0, 0.1) is 0 Å². The van der Waals surface area contributed by atoms with Crippen molar-refractivity contribution in [1.82, 2.24) is 14.7 Å². The summed E-state index contributed by atoms with van der Waals surface area (Å²) in [6.07, 6.45) is 4.14. The Morgan fingerprint density at radius 2 is 1.70 bits per heavy atom. The standard InChI is InChI=1S/C21H31N3O3/c25-21(24-10-12-26-13-11-24)17-27-20-6-4-18(5-7-20)14-22-15-19(16-22)23-8-2-1-3-9-23/h4-7,19H,1-3,8-17H2. The number of hydrogen-bond acceptors (Lipinski definition) is 5. The van der Waals surface area contributed by atoms with Gasteiger partial charge >= 0.3 is 0 Å². The molecule has 0 unspecified atom stereocenters.